The molecule has 7 nitrogen and oxygen atoms in total. The van der Waals surface area contributed by atoms with Gasteiger partial charge >= 0.3 is 0 Å². The van der Waals surface area contributed by atoms with Gasteiger partial charge in [0.05, 0.1) is 20.2 Å². The Morgan fingerprint density at radius 1 is 1.19 bits per heavy atom. The van der Waals surface area contributed by atoms with Crippen molar-refractivity contribution < 1.29 is 14.3 Å². The van der Waals surface area contributed by atoms with Gasteiger partial charge in [0.15, 0.2) is 17.5 Å². The lowest BCUT2D eigenvalue weighted by atomic mass is 10.1. The van der Waals surface area contributed by atoms with Crippen molar-refractivity contribution in [3.8, 4) is 11.5 Å². The number of likely N-dealkylation sites (tertiary alicyclic amines) is 1. The van der Waals surface area contributed by atoms with Crippen molar-refractivity contribution >= 4 is 11.9 Å². The van der Waals surface area contributed by atoms with E-state index in [2.05, 4.69) is 15.6 Å². The smallest absolute Gasteiger partial charge is 0.241 e. The molecule has 1 aromatic rings. The third kappa shape index (κ3) is 6.13. The zero-order valence-electron chi connectivity index (χ0n) is 16.0. The van der Waals surface area contributed by atoms with Crippen LogP contribution in [0.2, 0.25) is 0 Å². The Balaban J connectivity index is 1.74. The maximum atomic E-state index is 12.2. The van der Waals surface area contributed by atoms with Gasteiger partial charge in [-0.25, -0.2) is 0 Å². The van der Waals surface area contributed by atoms with Gasteiger partial charge in [-0.2, -0.15) is 0 Å². The zero-order chi connectivity index (χ0) is 18.8. The van der Waals surface area contributed by atoms with Gasteiger partial charge in [0, 0.05) is 20.1 Å². The summed E-state index contributed by atoms with van der Waals surface area (Å²) in [6, 6.07) is 7.55. The highest BCUT2D eigenvalue weighted by molar-refractivity contribution is 5.86. The van der Waals surface area contributed by atoms with Gasteiger partial charge in [0.1, 0.15) is 6.10 Å². The van der Waals surface area contributed by atoms with Crippen LogP contribution in [0.1, 0.15) is 26.2 Å². The first kappa shape index (κ1) is 19.9. The minimum Gasteiger partial charge on any atom is -0.493 e. The molecule has 1 aliphatic rings. The molecule has 0 aromatic heterocycles. The normalized spacial score (nSPS) is 16.0. The quantitative estimate of drug-likeness (QED) is 0.570. The molecule has 0 saturated carbocycles. The molecule has 1 saturated heterocycles. The monoisotopic (exact) mass is 362 g/mol. The number of ether oxygens (including phenoxy) is 2. The Kier molecular flexibility index (Phi) is 8.05. The van der Waals surface area contributed by atoms with Crippen LogP contribution >= 0.6 is 0 Å². The van der Waals surface area contributed by atoms with Crippen molar-refractivity contribution in [2.75, 3.05) is 40.3 Å². The number of rotatable bonds is 7. The summed E-state index contributed by atoms with van der Waals surface area (Å²) < 4.78 is 11.2. The van der Waals surface area contributed by atoms with Gasteiger partial charge in [-0.15, -0.1) is 0 Å². The number of carbonyl (C=O) groups is 1. The van der Waals surface area contributed by atoms with Gasteiger partial charge in [-0.05, 0) is 38.3 Å². The average Bonchev–Trinajstić information content (AvgIpc) is 2.69. The number of benzene rings is 1. The number of hydrogen-bond acceptors (Lipinski definition) is 4. The minimum absolute atomic E-state index is 0.0948. The van der Waals surface area contributed by atoms with Crippen LogP contribution in [0.15, 0.2) is 29.3 Å². The summed E-state index contributed by atoms with van der Waals surface area (Å²) in [5, 5.41) is 6.26. The highest BCUT2D eigenvalue weighted by atomic mass is 16.5. The van der Waals surface area contributed by atoms with E-state index in [4.69, 9.17) is 9.47 Å². The summed E-state index contributed by atoms with van der Waals surface area (Å²) in [5.41, 5.74) is 0. The number of piperidine rings is 1. The van der Waals surface area contributed by atoms with Crippen LogP contribution in [0.3, 0.4) is 0 Å². The van der Waals surface area contributed by atoms with Crippen LogP contribution in [-0.2, 0) is 4.79 Å². The number of amides is 1. The van der Waals surface area contributed by atoms with Gasteiger partial charge in [-0.3, -0.25) is 9.79 Å². The first-order valence-corrected chi connectivity index (χ1v) is 9.16. The fraction of sp³-hybridized carbons (Fsp3) is 0.579. The van der Waals surface area contributed by atoms with Crippen LogP contribution < -0.4 is 20.1 Å². The van der Waals surface area contributed by atoms with E-state index in [0.717, 1.165) is 25.9 Å². The highest BCUT2D eigenvalue weighted by Gasteiger charge is 2.16. The molecular weight excluding hydrogens is 332 g/mol. The van der Waals surface area contributed by atoms with E-state index in [0.29, 0.717) is 24.0 Å². The molecule has 1 heterocycles. The number of nitrogens with zero attached hydrogens (tertiary/aromatic N) is 2. The van der Waals surface area contributed by atoms with Crippen LogP contribution in [0, 0.1) is 0 Å². The molecule has 1 fully saturated rings. The molecule has 26 heavy (non-hydrogen) atoms. The molecule has 0 aliphatic carbocycles. The second kappa shape index (κ2) is 10.5. The Morgan fingerprint density at radius 3 is 2.54 bits per heavy atom. The lowest BCUT2D eigenvalue weighted by molar-refractivity contribution is -0.130. The molecule has 1 unspecified atom stereocenters. The van der Waals surface area contributed by atoms with E-state index >= 15 is 0 Å². The van der Waals surface area contributed by atoms with E-state index in [9.17, 15) is 4.79 Å². The summed E-state index contributed by atoms with van der Waals surface area (Å²) in [6.45, 7) is 4.48. The Labute approximate surface area is 155 Å². The topological polar surface area (TPSA) is 75.2 Å². The predicted molar refractivity (Wildman–Crippen MR) is 103 cm³/mol. The molecule has 2 rings (SSSR count). The Hall–Kier alpha value is -2.44. The number of carbonyl (C=O) groups excluding carboxylic acids is 1. The molecule has 1 amide bonds. The predicted octanol–water partition coefficient (Wildman–Crippen LogP) is 1.64. The molecule has 0 spiro atoms. The maximum absolute atomic E-state index is 12.2. The average molecular weight is 362 g/mol. The maximum Gasteiger partial charge on any atom is 0.241 e. The van der Waals surface area contributed by atoms with Crippen molar-refractivity contribution in [2.24, 2.45) is 4.99 Å². The lowest BCUT2D eigenvalue weighted by Gasteiger charge is -2.27. The fourth-order valence-corrected chi connectivity index (χ4v) is 2.85. The third-order valence-electron chi connectivity index (χ3n) is 4.29. The van der Waals surface area contributed by atoms with Gasteiger partial charge < -0.3 is 25.0 Å². The number of hydrogen-bond donors (Lipinski definition) is 2. The second-order valence-electron chi connectivity index (χ2n) is 6.33. The van der Waals surface area contributed by atoms with Gasteiger partial charge in [-0.1, -0.05) is 12.1 Å². The number of nitrogens with one attached hydrogen (secondary N) is 2. The molecule has 0 bridgehead atoms. The Morgan fingerprint density at radius 2 is 1.88 bits per heavy atom. The van der Waals surface area contributed by atoms with Gasteiger partial charge in [0.25, 0.3) is 0 Å². The van der Waals surface area contributed by atoms with Crippen molar-refractivity contribution in [3.05, 3.63) is 24.3 Å². The molecular formula is C19H30N4O3. The van der Waals surface area contributed by atoms with Crippen LogP contribution in [0.4, 0.5) is 0 Å². The van der Waals surface area contributed by atoms with Crippen LogP contribution in [-0.4, -0.2) is 63.2 Å². The minimum atomic E-state index is -0.0948. The second-order valence-corrected chi connectivity index (χ2v) is 6.33. The first-order chi connectivity index (χ1) is 12.6. The van der Waals surface area contributed by atoms with E-state index in [-0.39, 0.29) is 18.6 Å². The van der Waals surface area contributed by atoms with E-state index in [1.807, 2.05) is 36.1 Å². The first-order valence-electron chi connectivity index (χ1n) is 9.16. The zero-order valence-corrected chi connectivity index (χ0v) is 16.0. The summed E-state index contributed by atoms with van der Waals surface area (Å²) in [5.74, 6) is 2.11. The summed E-state index contributed by atoms with van der Waals surface area (Å²) in [7, 11) is 3.31. The highest BCUT2D eigenvalue weighted by Crippen LogP contribution is 2.26. The van der Waals surface area contributed by atoms with Crippen molar-refractivity contribution in [1.82, 2.24) is 15.5 Å². The molecule has 144 valence electrons. The number of para-hydroxylation sites is 2. The Bertz CT molecular complexity index is 600. The lowest BCUT2D eigenvalue weighted by Crippen LogP contribution is -2.47. The van der Waals surface area contributed by atoms with Gasteiger partial charge in [0.2, 0.25) is 5.91 Å². The molecule has 1 aliphatic heterocycles. The van der Waals surface area contributed by atoms with Crippen LogP contribution in [0.5, 0.6) is 11.5 Å². The van der Waals surface area contributed by atoms with E-state index in [1.165, 1.54) is 6.42 Å². The SMILES string of the molecule is CN=C(NCC(=O)N1CCCCC1)NCC(C)Oc1ccccc1OC. The molecule has 1 aromatic carbocycles. The number of aliphatic imine (C=N–C) groups is 1. The van der Waals surface area contributed by atoms with E-state index < -0.39 is 0 Å². The van der Waals surface area contributed by atoms with E-state index in [1.54, 1.807) is 14.2 Å². The van der Waals surface area contributed by atoms with Crippen molar-refractivity contribution in [1.29, 1.82) is 0 Å². The molecule has 2 N–H and O–H groups in total. The fourth-order valence-electron chi connectivity index (χ4n) is 2.85. The third-order valence-corrected chi connectivity index (χ3v) is 4.29. The molecule has 7 heteroatoms. The largest absolute Gasteiger partial charge is 0.493 e. The van der Waals surface area contributed by atoms with Crippen molar-refractivity contribution in [2.45, 2.75) is 32.3 Å². The number of guanidine groups is 1. The molecule has 0 radical (unpaired) electrons. The van der Waals surface area contributed by atoms with Crippen LogP contribution in [0.25, 0.3) is 0 Å². The summed E-state index contributed by atoms with van der Waals surface area (Å²) in [6.07, 6.45) is 3.31. The molecule has 1 atom stereocenters. The standard InChI is InChI=1S/C19H30N4O3/c1-15(26-17-10-6-5-9-16(17)25-3)13-21-19(20-2)22-14-18(24)23-11-7-4-8-12-23/h5-6,9-10,15H,4,7-8,11-14H2,1-3H3,(H2,20,21,22). The van der Waals surface area contributed by atoms with Crippen molar-refractivity contribution in [3.63, 3.8) is 0 Å². The summed E-state index contributed by atoms with van der Waals surface area (Å²) in [4.78, 5) is 18.3. The number of methoxy groups -OCH3 is 1. The summed E-state index contributed by atoms with van der Waals surface area (Å²) >= 11 is 0.